The molecule has 5 heteroatoms. The number of aliphatic hydroxyl groups is 2. The predicted octanol–water partition coefficient (Wildman–Crippen LogP) is 1.43. The van der Waals surface area contributed by atoms with Gasteiger partial charge in [0, 0.05) is 22.6 Å². The van der Waals surface area contributed by atoms with E-state index >= 15 is 0 Å². The van der Waals surface area contributed by atoms with Crippen molar-refractivity contribution < 1.29 is 10.2 Å². The van der Waals surface area contributed by atoms with Gasteiger partial charge in [-0.25, -0.2) is 0 Å². The predicted molar refractivity (Wildman–Crippen MR) is 68.8 cm³/mol. The zero-order valence-electron chi connectivity index (χ0n) is 8.84. The average molecular weight is 262 g/mol. The quantitative estimate of drug-likeness (QED) is 0.725. The van der Waals surface area contributed by atoms with Crippen LogP contribution in [0.25, 0.3) is 0 Å². The fourth-order valence-electron chi connectivity index (χ4n) is 1.26. The van der Waals surface area contributed by atoms with Crippen LogP contribution in [0.3, 0.4) is 0 Å². The third-order valence-electron chi connectivity index (χ3n) is 2.16. The summed E-state index contributed by atoms with van der Waals surface area (Å²) >= 11 is 7.33. The van der Waals surface area contributed by atoms with Crippen molar-refractivity contribution >= 4 is 23.4 Å². The molecule has 0 aliphatic rings. The molecule has 0 saturated heterocycles. The minimum absolute atomic E-state index is 0.124. The second-order valence-electron chi connectivity index (χ2n) is 3.45. The van der Waals surface area contributed by atoms with Crippen LogP contribution >= 0.6 is 23.4 Å². The van der Waals surface area contributed by atoms with Gasteiger partial charge in [0.15, 0.2) is 0 Å². The molecule has 1 aromatic rings. The molecule has 2 unspecified atom stereocenters. The summed E-state index contributed by atoms with van der Waals surface area (Å²) in [5.41, 5.74) is 6.76. The Balaban J connectivity index is 2.57. The van der Waals surface area contributed by atoms with Gasteiger partial charge in [-0.05, 0) is 17.7 Å². The van der Waals surface area contributed by atoms with Gasteiger partial charge in [0.1, 0.15) is 0 Å². The average Bonchev–Trinajstić information content (AvgIpc) is 2.31. The highest BCUT2D eigenvalue weighted by Gasteiger charge is 2.12. The van der Waals surface area contributed by atoms with Crippen molar-refractivity contribution in [3.8, 4) is 0 Å². The lowest BCUT2D eigenvalue weighted by atomic mass is 10.1. The smallest absolute Gasteiger partial charge is 0.0861 e. The van der Waals surface area contributed by atoms with E-state index in [4.69, 9.17) is 22.4 Å². The van der Waals surface area contributed by atoms with E-state index in [9.17, 15) is 5.11 Å². The maximum Gasteiger partial charge on any atom is 0.0861 e. The van der Waals surface area contributed by atoms with Gasteiger partial charge in [-0.15, -0.1) is 11.8 Å². The Kier molecular flexibility index (Phi) is 6.16. The molecular weight excluding hydrogens is 246 g/mol. The monoisotopic (exact) mass is 261 g/mol. The molecule has 0 radical (unpaired) electrons. The van der Waals surface area contributed by atoms with Crippen LogP contribution in [0.1, 0.15) is 10.8 Å². The summed E-state index contributed by atoms with van der Waals surface area (Å²) in [5.74, 6) is 0.473. The van der Waals surface area contributed by atoms with Crippen molar-refractivity contribution in [2.45, 2.75) is 11.4 Å². The summed E-state index contributed by atoms with van der Waals surface area (Å²) in [6.45, 7) is 0.273. The first-order chi connectivity index (χ1) is 7.67. The number of hydrogen-bond acceptors (Lipinski definition) is 4. The van der Waals surface area contributed by atoms with Gasteiger partial charge in [-0.1, -0.05) is 23.7 Å². The Morgan fingerprint density at radius 2 is 1.94 bits per heavy atom. The van der Waals surface area contributed by atoms with Gasteiger partial charge in [-0.2, -0.15) is 0 Å². The van der Waals surface area contributed by atoms with E-state index < -0.39 is 6.10 Å². The summed E-state index contributed by atoms with van der Waals surface area (Å²) in [7, 11) is 0. The Hall–Kier alpha value is -0.260. The van der Waals surface area contributed by atoms with Crippen LogP contribution in [0, 0.1) is 0 Å². The fraction of sp³-hybridized carbons (Fsp3) is 0.455. The largest absolute Gasteiger partial charge is 0.394 e. The first-order valence-corrected chi connectivity index (χ1v) is 6.46. The van der Waals surface area contributed by atoms with Crippen LogP contribution in [-0.4, -0.2) is 35.2 Å². The molecule has 4 N–H and O–H groups in total. The summed E-state index contributed by atoms with van der Waals surface area (Å²) < 4.78 is 0. The number of rotatable bonds is 6. The van der Waals surface area contributed by atoms with Crippen molar-refractivity contribution in [2.24, 2.45) is 5.73 Å². The number of aliphatic hydroxyl groups excluding tert-OH is 2. The zero-order valence-corrected chi connectivity index (χ0v) is 10.4. The maximum absolute atomic E-state index is 9.26. The van der Waals surface area contributed by atoms with Gasteiger partial charge in [0.2, 0.25) is 0 Å². The van der Waals surface area contributed by atoms with Gasteiger partial charge < -0.3 is 15.9 Å². The topological polar surface area (TPSA) is 66.5 Å². The highest BCUT2D eigenvalue weighted by Crippen LogP contribution is 2.28. The number of thioether (sulfide) groups is 1. The van der Waals surface area contributed by atoms with Crippen molar-refractivity contribution in [1.82, 2.24) is 0 Å². The molecule has 1 rings (SSSR count). The number of nitrogens with two attached hydrogens (primary N) is 1. The maximum atomic E-state index is 9.26. The lowest BCUT2D eigenvalue weighted by Crippen LogP contribution is -2.18. The molecule has 16 heavy (non-hydrogen) atoms. The molecule has 0 heterocycles. The SMILES string of the molecule is NCC(SCC(O)CO)c1ccc(Cl)cc1. The van der Waals surface area contributed by atoms with Gasteiger partial charge in [0.25, 0.3) is 0 Å². The highest BCUT2D eigenvalue weighted by molar-refractivity contribution is 7.99. The molecule has 0 aromatic heterocycles. The molecule has 0 aliphatic carbocycles. The Bertz CT molecular complexity index is 307. The summed E-state index contributed by atoms with van der Waals surface area (Å²) in [6.07, 6.45) is -0.689. The van der Waals surface area contributed by atoms with E-state index in [1.165, 1.54) is 11.8 Å². The molecule has 1 aromatic carbocycles. The third-order valence-corrected chi connectivity index (χ3v) is 3.85. The number of hydrogen-bond donors (Lipinski definition) is 3. The molecule has 3 nitrogen and oxygen atoms in total. The van der Waals surface area contributed by atoms with Crippen molar-refractivity contribution in [3.63, 3.8) is 0 Å². The minimum Gasteiger partial charge on any atom is -0.394 e. The van der Waals surface area contributed by atoms with Crippen LogP contribution in [0.2, 0.25) is 5.02 Å². The van der Waals surface area contributed by atoms with Crippen molar-refractivity contribution in [2.75, 3.05) is 18.9 Å². The highest BCUT2D eigenvalue weighted by atomic mass is 35.5. The van der Waals surface area contributed by atoms with Crippen LogP contribution < -0.4 is 5.73 Å². The van der Waals surface area contributed by atoms with E-state index in [0.29, 0.717) is 17.3 Å². The molecule has 0 amide bonds. The van der Waals surface area contributed by atoms with Crippen molar-refractivity contribution in [1.29, 1.82) is 0 Å². The molecule has 90 valence electrons. The first kappa shape index (κ1) is 13.8. The van der Waals surface area contributed by atoms with Gasteiger partial charge in [-0.3, -0.25) is 0 Å². The molecule has 0 spiro atoms. The molecule has 0 bridgehead atoms. The number of benzene rings is 1. The van der Waals surface area contributed by atoms with Crippen LogP contribution in [0.4, 0.5) is 0 Å². The van der Waals surface area contributed by atoms with E-state index in [2.05, 4.69) is 0 Å². The van der Waals surface area contributed by atoms with E-state index in [0.717, 1.165) is 5.56 Å². The fourth-order valence-corrected chi connectivity index (χ4v) is 2.43. The standard InChI is InChI=1S/C11H16ClNO2S/c12-9-3-1-8(2-4-9)11(5-13)16-7-10(15)6-14/h1-4,10-11,14-15H,5-7,13H2. The first-order valence-electron chi connectivity index (χ1n) is 5.03. The van der Waals surface area contributed by atoms with Crippen LogP contribution in [-0.2, 0) is 0 Å². The second kappa shape index (κ2) is 7.14. The molecule has 0 aliphatic heterocycles. The van der Waals surface area contributed by atoms with E-state index in [-0.39, 0.29) is 11.9 Å². The zero-order chi connectivity index (χ0) is 12.0. The normalized spacial score (nSPS) is 14.8. The van der Waals surface area contributed by atoms with Crippen LogP contribution in [0.15, 0.2) is 24.3 Å². The Labute approximate surface area is 105 Å². The van der Waals surface area contributed by atoms with E-state index in [1.807, 2.05) is 24.3 Å². The van der Waals surface area contributed by atoms with Crippen molar-refractivity contribution in [3.05, 3.63) is 34.9 Å². The summed E-state index contributed by atoms with van der Waals surface area (Å²) in [4.78, 5) is 0. The van der Waals surface area contributed by atoms with Gasteiger partial charge >= 0.3 is 0 Å². The lowest BCUT2D eigenvalue weighted by Gasteiger charge is -2.16. The number of halogens is 1. The molecular formula is C11H16ClNO2S. The summed E-state index contributed by atoms with van der Waals surface area (Å²) in [5, 5.41) is 18.8. The molecule has 2 atom stereocenters. The van der Waals surface area contributed by atoms with E-state index in [1.54, 1.807) is 0 Å². The Morgan fingerprint density at radius 1 is 1.31 bits per heavy atom. The minimum atomic E-state index is -0.689. The summed E-state index contributed by atoms with van der Waals surface area (Å²) in [6, 6.07) is 7.50. The molecule has 0 fully saturated rings. The third kappa shape index (κ3) is 4.31. The van der Waals surface area contributed by atoms with Gasteiger partial charge in [0.05, 0.1) is 12.7 Å². The van der Waals surface area contributed by atoms with Crippen LogP contribution in [0.5, 0.6) is 0 Å². The second-order valence-corrected chi connectivity index (χ2v) is 5.12. The molecule has 0 saturated carbocycles. The Morgan fingerprint density at radius 3 is 2.44 bits per heavy atom. The lowest BCUT2D eigenvalue weighted by molar-refractivity contribution is 0.113.